The fraction of sp³-hybridized carbons (Fsp3) is 0.429. The van der Waals surface area contributed by atoms with Gasteiger partial charge in [0.25, 0.3) is 0 Å². The molecule has 0 aliphatic rings. The van der Waals surface area contributed by atoms with Crippen LogP contribution < -0.4 is 5.48 Å². The molecule has 0 aliphatic carbocycles. The number of nitrogens with one attached hydrogen (secondary N) is 1. The van der Waals surface area contributed by atoms with Crippen LogP contribution in [0.2, 0.25) is 0 Å². The lowest BCUT2D eigenvalue weighted by Gasteiger charge is -1.97. The first-order valence-corrected chi connectivity index (χ1v) is 3.46. The monoisotopic (exact) mass is 170 g/mol. The Hall–Kier alpha value is -1.36. The van der Waals surface area contributed by atoms with Gasteiger partial charge in [0.1, 0.15) is 5.76 Å². The minimum atomic E-state index is -0.245. The zero-order valence-corrected chi connectivity index (χ0v) is 6.96. The van der Waals surface area contributed by atoms with Crippen LogP contribution >= 0.6 is 0 Å². The summed E-state index contributed by atoms with van der Waals surface area (Å²) in [6.45, 7) is 1.77. The van der Waals surface area contributed by atoms with Gasteiger partial charge in [-0.25, -0.2) is 5.48 Å². The number of rotatable bonds is 3. The van der Waals surface area contributed by atoms with Gasteiger partial charge in [-0.05, 0) is 6.92 Å². The molecule has 1 rings (SSSR count). The van der Waals surface area contributed by atoms with E-state index in [4.69, 9.17) is 4.52 Å². The van der Waals surface area contributed by atoms with Crippen LogP contribution in [0, 0.1) is 6.92 Å². The summed E-state index contributed by atoms with van der Waals surface area (Å²) in [4.78, 5) is 15.3. The van der Waals surface area contributed by atoms with Crippen molar-refractivity contribution in [3.8, 4) is 0 Å². The first kappa shape index (κ1) is 8.73. The molecule has 0 fully saturated rings. The molecule has 12 heavy (non-hydrogen) atoms. The summed E-state index contributed by atoms with van der Waals surface area (Å²) in [5.74, 6) is 0.445. The van der Waals surface area contributed by atoms with Gasteiger partial charge in [0.15, 0.2) is 0 Å². The molecule has 0 spiro atoms. The van der Waals surface area contributed by atoms with E-state index in [1.165, 1.54) is 7.11 Å². The van der Waals surface area contributed by atoms with Crippen LogP contribution in [0.1, 0.15) is 11.5 Å². The van der Waals surface area contributed by atoms with Gasteiger partial charge in [0, 0.05) is 6.07 Å². The largest absolute Gasteiger partial charge is 0.361 e. The lowest BCUT2D eigenvalue weighted by Crippen LogP contribution is -2.23. The van der Waals surface area contributed by atoms with Crippen LogP contribution in [0.5, 0.6) is 0 Å². The van der Waals surface area contributed by atoms with Crippen molar-refractivity contribution in [2.24, 2.45) is 0 Å². The fourth-order valence-corrected chi connectivity index (χ4v) is 0.816. The smallest absolute Gasteiger partial charge is 0.249 e. The molecule has 0 aromatic carbocycles. The molecule has 0 saturated heterocycles. The summed E-state index contributed by atoms with van der Waals surface area (Å²) in [6.07, 6.45) is 0.172. The Balaban J connectivity index is 2.46. The van der Waals surface area contributed by atoms with Crippen molar-refractivity contribution in [2.45, 2.75) is 13.3 Å². The molecular weight excluding hydrogens is 160 g/mol. The van der Waals surface area contributed by atoms with E-state index in [2.05, 4.69) is 15.5 Å². The van der Waals surface area contributed by atoms with Crippen molar-refractivity contribution in [3.63, 3.8) is 0 Å². The second-order valence-corrected chi connectivity index (χ2v) is 2.34. The zero-order chi connectivity index (χ0) is 8.97. The van der Waals surface area contributed by atoms with E-state index >= 15 is 0 Å². The van der Waals surface area contributed by atoms with E-state index in [-0.39, 0.29) is 12.3 Å². The molecule has 66 valence electrons. The zero-order valence-electron chi connectivity index (χ0n) is 6.96. The molecule has 5 heteroatoms. The topological polar surface area (TPSA) is 64.4 Å². The van der Waals surface area contributed by atoms with Crippen LogP contribution in [-0.2, 0) is 16.1 Å². The predicted molar refractivity (Wildman–Crippen MR) is 40.1 cm³/mol. The Kier molecular flexibility index (Phi) is 2.82. The second kappa shape index (κ2) is 3.87. The highest BCUT2D eigenvalue weighted by atomic mass is 16.6. The number of amides is 1. The Bertz CT molecular complexity index is 269. The average molecular weight is 170 g/mol. The first-order valence-electron chi connectivity index (χ1n) is 3.46. The van der Waals surface area contributed by atoms with E-state index in [0.29, 0.717) is 11.5 Å². The summed E-state index contributed by atoms with van der Waals surface area (Å²) in [5, 5.41) is 3.65. The van der Waals surface area contributed by atoms with Gasteiger partial charge >= 0.3 is 0 Å². The second-order valence-electron chi connectivity index (χ2n) is 2.34. The van der Waals surface area contributed by atoms with Crippen molar-refractivity contribution in [3.05, 3.63) is 17.5 Å². The van der Waals surface area contributed by atoms with Gasteiger partial charge in [-0.15, -0.1) is 0 Å². The fourth-order valence-electron chi connectivity index (χ4n) is 0.816. The Labute approximate surface area is 69.6 Å². The summed E-state index contributed by atoms with van der Waals surface area (Å²) in [5.41, 5.74) is 2.78. The third-order valence-corrected chi connectivity index (χ3v) is 1.23. The summed E-state index contributed by atoms with van der Waals surface area (Å²) >= 11 is 0. The molecule has 0 aliphatic heterocycles. The lowest BCUT2D eigenvalue weighted by atomic mass is 10.3. The maximum Gasteiger partial charge on any atom is 0.249 e. The Morgan fingerprint density at radius 1 is 1.83 bits per heavy atom. The van der Waals surface area contributed by atoms with Crippen LogP contribution in [-0.4, -0.2) is 18.2 Å². The van der Waals surface area contributed by atoms with Gasteiger partial charge in [-0.1, -0.05) is 5.16 Å². The quantitative estimate of drug-likeness (QED) is 0.658. The van der Waals surface area contributed by atoms with Crippen molar-refractivity contribution in [1.82, 2.24) is 10.6 Å². The number of carbonyl (C=O) groups is 1. The molecule has 1 amide bonds. The van der Waals surface area contributed by atoms with Crippen molar-refractivity contribution >= 4 is 5.91 Å². The van der Waals surface area contributed by atoms with Gasteiger partial charge in [0.05, 0.1) is 19.2 Å². The highest BCUT2D eigenvalue weighted by Crippen LogP contribution is 2.01. The Morgan fingerprint density at radius 3 is 3.08 bits per heavy atom. The predicted octanol–water partition coefficient (Wildman–Crippen LogP) is 0.203. The van der Waals surface area contributed by atoms with Gasteiger partial charge in [-0.3, -0.25) is 9.63 Å². The van der Waals surface area contributed by atoms with Gasteiger partial charge in [0.2, 0.25) is 5.91 Å². The van der Waals surface area contributed by atoms with E-state index in [1.54, 1.807) is 13.0 Å². The van der Waals surface area contributed by atoms with Crippen molar-refractivity contribution < 1.29 is 14.2 Å². The summed E-state index contributed by atoms with van der Waals surface area (Å²) in [7, 11) is 1.38. The van der Waals surface area contributed by atoms with E-state index in [9.17, 15) is 4.79 Å². The molecule has 0 bridgehead atoms. The maximum atomic E-state index is 10.9. The molecular formula is C7H10N2O3. The SMILES string of the molecule is CONC(=O)Cc1cc(C)on1. The number of carbonyl (C=O) groups excluding carboxylic acids is 1. The molecule has 0 atom stereocenters. The number of hydrogen-bond acceptors (Lipinski definition) is 4. The van der Waals surface area contributed by atoms with Crippen molar-refractivity contribution in [2.75, 3.05) is 7.11 Å². The van der Waals surface area contributed by atoms with Gasteiger partial charge in [-0.2, -0.15) is 0 Å². The Morgan fingerprint density at radius 2 is 2.58 bits per heavy atom. The molecule has 1 N–H and O–H groups in total. The van der Waals surface area contributed by atoms with Gasteiger partial charge < -0.3 is 4.52 Å². The summed E-state index contributed by atoms with van der Waals surface area (Å²) in [6, 6.07) is 1.70. The molecule has 1 aromatic heterocycles. The number of hydrogen-bond donors (Lipinski definition) is 1. The minimum Gasteiger partial charge on any atom is -0.361 e. The van der Waals surface area contributed by atoms with Crippen LogP contribution in [0.4, 0.5) is 0 Å². The third kappa shape index (κ3) is 2.35. The third-order valence-electron chi connectivity index (χ3n) is 1.23. The summed E-state index contributed by atoms with van der Waals surface area (Å²) < 4.78 is 4.77. The molecule has 1 aromatic rings. The number of aromatic nitrogens is 1. The molecule has 5 nitrogen and oxygen atoms in total. The average Bonchev–Trinajstić information content (AvgIpc) is 2.36. The molecule has 0 unspecified atom stereocenters. The molecule has 1 heterocycles. The molecule has 0 radical (unpaired) electrons. The normalized spacial score (nSPS) is 9.83. The van der Waals surface area contributed by atoms with E-state index < -0.39 is 0 Å². The van der Waals surface area contributed by atoms with Crippen LogP contribution in [0.3, 0.4) is 0 Å². The number of aryl methyl sites for hydroxylation is 1. The standard InChI is InChI=1S/C7H10N2O3/c1-5-3-6(8-12-5)4-7(10)9-11-2/h3H,4H2,1-2H3,(H,9,10). The number of hydroxylamine groups is 1. The van der Waals surface area contributed by atoms with E-state index in [1.807, 2.05) is 0 Å². The highest BCUT2D eigenvalue weighted by Gasteiger charge is 2.06. The first-order chi connectivity index (χ1) is 5.72. The molecule has 0 saturated carbocycles. The van der Waals surface area contributed by atoms with Crippen LogP contribution in [0.25, 0.3) is 0 Å². The minimum absolute atomic E-state index is 0.172. The lowest BCUT2D eigenvalue weighted by molar-refractivity contribution is -0.130. The highest BCUT2D eigenvalue weighted by molar-refractivity contribution is 5.76. The maximum absolute atomic E-state index is 10.9. The van der Waals surface area contributed by atoms with Crippen molar-refractivity contribution in [1.29, 1.82) is 0 Å². The number of nitrogens with zero attached hydrogens (tertiary/aromatic N) is 1. The van der Waals surface area contributed by atoms with E-state index in [0.717, 1.165) is 0 Å². The van der Waals surface area contributed by atoms with Crippen LogP contribution in [0.15, 0.2) is 10.6 Å².